The summed E-state index contributed by atoms with van der Waals surface area (Å²) in [6.45, 7) is 0. The summed E-state index contributed by atoms with van der Waals surface area (Å²) in [4.78, 5) is 3.04. The van der Waals surface area contributed by atoms with E-state index in [1.807, 2.05) is 60.7 Å². The van der Waals surface area contributed by atoms with Crippen LogP contribution in [-0.2, 0) is 9.84 Å². The molecular weight excluding hydrogens is 272 g/mol. The molecule has 0 fully saturated rings. The molecule has 0 amide bonds. The minimum Gasteiger partial charge on any atom is -0.360 e. The molecule has 0 aliphatic carbocycles. The van der Waals surface area contributed by atoms with Crippen LogP contribution in [0.5, 0.6) is 0 Å². The molecule has 102 valence electrons. The molecule has 2 aromatic rings. The highest BCUT2D eigenvalue weighted by Crippen LogP contribution is 2.27. The van der Waals surface area contributed by atoms with E-state index < -0.39 is 15.8 Å². The largest absolute Gasteiger partial charge is 0.392 e. The van der Waals surface area contributed by atoms with E-state index in [9.17, 15) is 8.42 Å². The predicted molar refractivity (Wildman–Crippen MR) is 78.2 cm³/mol. The van der Waals surface area contributed by atoms with Crippen molar-refractivity contribution in [3.8, 4) is 0 Å². The number of rotatable bonds is 3. The number of hydrogen-bond acceptors (Lipinski definition) is 2. The fourth-order valence-electron chi connectivity index (χ4n) is 2.11. The van der Waals surface area contributed by atoms with Gasteiger partial charge in [-0.15, -0.1) is 0 Å². The molecule has 0 aliphatic heterocycles. The molecular formula is C15H14N2O2S. The summed E-state index contributed by atoms with van der Waals surface area (Å²) >= 11 is 0. The van der Waals surface area contributed by atoms with Crippen LogP contribution in [-0.4, -0.2) is 24.5 Å². The van der Waals surface area contributed by atoms with E-state index in [0.717, 1.165) is 17.4 Å². The standard InChI is InChI=1S/C15H14N2O2S/c1-20(18,19)15(17-16)14(12-8-4-2-5-9-12)13-10-6-3-7-11-13/h2-11,14H,1H3. The van der Waals surface area contributed by atoms with Crippen LogP contribution in [0, 0.1) is 0 Å². The molecule has 2 aromatic carbocycles. The zero-order valence-electron chi connectivity index (χ0n) is 11.0. The Balaban J connectivity index is 2.66. The Kier molecular flexibility index (Phi) is 4.13. The average molecular weight is 286 g/mol. The Bertz CT molecular complexity index is 694. The minimum absolute atomic E-state index is 0.255. The first-order valence-electron chi connectivity index (χ1n) is 6.06. The van der Waals surface area contributed by atoms with Gasteiger partial charge >= 0.3 is 5.04 Å². The average Bonchev–Trinajstić information content (AvgIpc) is 2.45. The number of sulfone groups is 1. The van der Waals surface area contributed by atoms with Crippen LogP contribution in [0.15, 0.2) is 60.7 Å². The molecule has 0 aromatic heterocycles. The first-order valence-corrected chi connectivity index (χ1v) is 7.95. The smallest absolute Gasteiger partial charge is 0.360 e. The maximum absolute atomic E-state index is 11.9. The molecule has 0 atom stereocenters. The first-order chi connectivity index (χ1) is 9.54. The number of benzene rings is 2. The molecule has 20 heavy (non-hydrogen) atoms. The molecule has 0 spiro atoms. The van der Waals surface area contributed by atoms with Gasteiger partial charge in [-0.3, -0.25) is 0 Å². The fourth-order valence-corrected chi connectivity index (χ4v) is 2.96. The van der Waals surface area contributed by atoms with E-state index in [4.69, 9.17) is 5.53 Å². The highest BCUT2D eigenvalue weighted by molar-refractivity contribution is 8.05. The lowest BCUT2D eigenvalue weighted by Gasteiger charge is -2.12. The molecule has 5 heteroatoms. The van der Waals surface area contributed by atoms with E-state index in [0.29, 0.717) is 0 Å². The molecule has 0 saturated heterocycles. The zero-order chi connectivity index (χ0) is 14.6. The van der Waals surface area contributed by atoms with Gasteiger partial charge in [-0.2, -0.15) is 4.79 Å². The lowest BCUT2D eigenvalue weighted by Crippen LogP contribution is -2.23. The van der Waals surface area contributed by atoms with Crippen LogP contribution in [0.25, 0.3) is 5.53 Å². The summed E-state index contributed by atoms with van der Waals surface area (Å²) in [5, 5.41) is -0.255. The lowest BCUT2D eigenvalue weighted by molar-refractivity contribution is -0.00389. The second-order valence-corrected chi connectivity index (χ2v) is 6.43. The SMILES string of the molecule is CS(=O)(=O)C(=[N+]=[N-])C(c1ccccc1)c1ccccc1. The summed E-state index contributed by atoms with van der Waals surface area (Å²) in [7, 11) is -3.61. The van der Waals surface area contributed by atoms with Gasteiger partial charge in [-0.1, -0.05) is 60.7 Å². The van der Waals surface area contributed by atoms with Crippen LogP contribution >= 0.6 is 0 Å². The van der Waals surface area contributed by atoms with Gasteiger partial charge < -0.3 is 5.53 Å². The Morgan fingerprint density at radius 1 is 0.950 bits per heavy atom. The summed E-state index contributed by atoms with van der Waals surface area (Å²) < 4.78 is 23.7. The zero-order valence-corrected chi connectivity index (χ0v) is 11.8. The lowest BCUT2D eigenvalue weighted by atomic mass is 9.92. The normalized spacial score (nSPS) is 11.1. The van der Waals surface area contributed by atoms with Crippen molar-refractivity contribution < 1.29 is 13.2 Å². The monoisotopic (exact) mass is 286 g/mol. The molecule has 0 radical (unpaired) electrons. The third-order valence-electron chi connectivity index (χ3n) is 2.99. The third kappa shape index (κ3) is 3.02. The van der Waals surface area contributed by atoms with Crippen molar-refractivity contribution in [2.24, 2.45) is 0 Å². The van der Waals surface area contributed by atoms with Crippen LogP contribution < -0.4 is 0 Å². The van der Waals surface area contributed by atoms with E-state index in [-0.39, 0.29) is 5.04 Å². The second kappa shape index (κ2) is 5.82. The van der Waals surface area contributed by atoms with Crippen LogP contribution in [0.3, 0.4) is 0 Å². The van der Waals surface area contributed by atoms with Crippen LogP contribution in [0.2, 0.25) is 0 Å². The number of nitrogens with zero attached hydrogens (tertiary/aromatic N) is 2. The Labute approximate surface area is 118 Å². The van der Waals surface area contributed by atoms with Gasteiger partial charge in [-0.05, 0) is 11.1 Å². The summed E-state index contributed by atoms with van der Waals surface area (Å²) in [5.74, 6) is -0.614. The summed E-state index contributed by atoms with van der Waals surface area (Å²) in [5.41, 5.74) is 10.7. The molecule has 2 rings (SSSR count). The molecule has 4 nitrogen and oxygen atoms in total. The van der Waals surface area contributed by atoms with E-state index >= 15 is 0 Å². The molecule has 0 unspecified atom stereocenters. The maximum Gasteiger partial charge on any atom is 0.392 e. The molecule has 0 N–H and O–H groups in total. The van der Waals surface area contributed by atoms with Crippen molar-refractivity contribution in [3.05, 3.63) is 77.3 Å². The van der Waals surface area contributed by atoms with Gasteiger partial charge in [0, 0.05) is 0 Å². The second-order valence-electron chi connectivity index (χ2n) is 4.46. The van der Waals surface area contributed by atoms with Crippen molar-refractivity contribution in [1.29, 1.82) is 0 Å². The predicted octanol–water partition coefficient (Wildman–Crippen LogP) is 2.49. The van der Waals surface area contributed by atoms with Gasteiger partial charge in [0.05, 0.1) is 6.26 Å². The van der Waals surface area contributed by atoms with Gasteiger partial charge in [-0.25, -0.2) is 8.42 Å². The summed E-state index contributed by atoms with van der Waals surface area (Å²) in [6, 6.07) is 18.2. The van der Waals surface area contributed by atoms with Crippen molar-refractivity contribution >= 4 is 14.9 Å². The van der Waals surface area contributed by atoms with E-state index in [1.54, 1.807) is 0 Å². The minimum atomic E-state index is -3.61. The van der Waals surface area contributed by atoms with Crippen molar-refractivity contribution in [2.75, 3.05) is 6.26 Å². The highest BCUT2D eigenvalue weighted by Gasteiger charge is 2.35. The fraction of sp³-hybridized carbons (Fsp3) is 0.133. The molecule has 0 saturated carbocycles. The van der Waals surface area contributed by atoms with Gasteiger partial charge in [0.25, 0.3) is 0 Å². The van der Waals surface area contributed by atoms with Crippen LogP contribution in [0.1, 0.15) is 17.0 Å². The molecule has 0 bridgehead atoms. The highest BCUT2D eigenvalue weighted by atomic mass is 32.2. The van der Waals surface area contributed by atoms with E-state index in [2.05, 4.69) is 4.79 Å². The first kappa shape index (κ1) is 14.2. The molecule has 0 aliphatic rings. The number of hydrogen-bond donors (Lipinski definition) is 0. The van der Waals surface area contributed by atoms with Crippen LogP contribution in [0.4, 0.5) is 0 Å². The van der Waals surface area contributed by atoms with Crippen molar-refractivity contribution in [1.82, 2.24) is 0 Å². The van der Waals surface area contributed by atoms with Gasteiger partial charge in [0.15, 0.2) is 0 Å². The maximum atomic E-state index is 11.9. The topological polar surface area (TPSA) is 70.5 Å². The van der Waals surface area contributed by atoms with E-state index in [1.165, 1.54) is 0 Å². The Morgan fingerprint density at radius 2 is 1.35 bits per heavy atom. The van der Waals surface area contributed by atoms with Gasteiger partial charge in [0.2, 0.25) is 9.84 Å². The quantitative estimate of drug-likeness (QED) is 0.376. The summed E-state index contributed by atoms with van der Waals surface area (Å²) in [6.07, 6.45) is 1.04. The molecule has 0 heterocycles. The Morgan fingerprint density at radius 3 is 1.65 bits per heavy atom. The van der Waals surface area contributed by atoms with Crippen molar-refractivity contribution in [3.63, 3.8) is 0 Å². The van der Waals surface area contributed by atoms with Gasteiger partial charge in [0.1, 0.15) is 5.92 Å². The van der Waals surface area contributed by atoms with Crippen molar-refractivity contribution in [2.45, 2.75) is 5.92 Å². The Hall–Kier alpha value is -2.23. The third-order valence-corrected chi connectivity index (χ3v) is 4.07.